The molecule has 0 atom stereocenters. The molecule has 8 heteroatoms. The Bertz CT molecular complexity index is 989. The summed E-state index contributed by atoms with van der Waals surface area (Å²) >= 11 is 0. The molecule has 0 radical (unpaired) electrons. The number of aromatic nitrogens is 7. The minimum atomic E-state index is 0.592. The number of ether oxygens (including phenoxy) is 1. The lowest BCUT2D eigenvalue weighted by molar-refractivity contribution is 0.188. The van der Waals surface area contributed by atoms with Crippen LogP contribution in [0.1, 0.15) is 19.7 Å². The molecule has 25 heavy (non-hydrogen) atoms. The highest BCUT2D eigenvalue weighted by Gasteiger charge is 2.15. The monoisotopic (exact) mass is 339 g/mol. The van der Waals surface area contributed by atoms with Gasteiger partial charge >= 0.3 is 0 Å². The Hall–Kier alpha value is -2.87. The molecule has 0 unspecified atom stereocenters. The van der Waals surface area contributed by atoms with Gasteiger partial charge in [-0.2, -0.15) is 0 Å². The third-order valence-electron chi connectivity index (χ3n) is 3.76. The van der Waals surface area contributed by atoms with E-state index in [0.29, 0.717) is 18.8 Å². The topological polar surface area (TPSA) is 83.0 Å². The Labute approximate surface area is 145 Å². The number of hydrogen-bond donors (Lipinski definition) is 0. The van der Waals surface area contributed by atoms with Gasteiger partial charge in [-0.05, 0) is 13.0 Å². The van der Waals surface area contributed by atoms with Gasteiger partial charge < -0.3 is 9.30 Å². The summed E-state index contributed by atoms with van der Waals surface area (Å²) in [6.07, 6.45) is 7.12. The van der Waals surface area contributed by atoms with Gasteiger partial charge in [0, 0.05) is 26.0 Å². The maximum absolute atomic E-state index is 5.22. The van der Waals surface area contributed by atoms with Crippen LogP contribution in [0.25, 0.3) is 28.2 Å². The molecule has 0 aliphatic carbocycles. The normalized spacial score (nSPS) is 10.9. The van der Waals surface area contributed by atoms with Crippen LogP contribution in [-0.4, -0.2) is 47.8 Å². The van der Waals surface area contributed by atoms with Crippen LogP contribution in [-0.2, 0) is 11.3 Å². The quantitative estimate of drug-likeness (QED) is 0.568. The number of aryl methyl sites for hydroxylation is 1. The minimum absolute atomic E-state index is 0.592. The van der Waals surface area contributed by atoms with Gasteiger partial charge in [-0.15, -0.1) is 10.2 Å². The Morgan fingerprint density at radius 3 is 2.80 bits per heavy atom. The highest BCUT2D eigenvalue weighted by Crippen LogP contribution is 2.23. The molecule has 130 valence electrons. The zero-order valence-corrected chi connectivity index (χ0v) is 14.8. The summed E-state index contributed by atoms with van der Waals surface area (Å²) in [7, 11) is 1.69. The molecule has 4 aromatic rings. The van der Waals surface area contributed by atoms with E-state index in [1.807, 2.05) is 37.4 Å². The molecule has 8 nitrogen and oxygen atoms in total. The van der Waals surface area contributed by atoms with E-state index in [1.165, 1.54) is 0 Å². The number of pyridine rings is 1. The highest BCUT2D eigenvalue weighted by molar-refractivity contribution is 5.79. The van der Waals surface area contributed by atoms with Gasteiger partial charge in [-0.3, -0.25) is 9.38 Å². The Morgan fingerprint density at radius 1 is 1.16 bits per heavy atom. The lowest BCUT2D eigenvalue weighted by Crippen LogP contribution is -2.07. The summed E-state index contributed by atoms with van der Waals surface area (Å²) < 4.78 is 9.22. The summed E-state index contributed by atoms with van der Waals surface area (Å²) in [6.45, 7) is 7.18. The fourth-order valence-corrected chi connectivity index (χ4v) is 2.62. The number of hydrogen-bond acceptors (Lipinski definition) is 6. The molecule has 4 rings (SSSR count). The predicted molar refractivity (Wildman–Crippen MR) is 95.3 cm³/mol. The smallest absolute Gasteiger partial charge is 0.179 e. The van der Waals surface area contributed by atoms with Crippen molar-refractivity contribution in [3.8, 4) is 11.5 Å². The van der Waals surface area contributed by atoms with Crippen LogP contribution < -0.4 is 0 Å². The zero-order valence-electron chi connectivity index (χ0n) is 14.8. The van der Waals surface area contributed by atoms with Gasteiger partial charge in [0.05, 0.1) is 24.5 Å². The molecule has 0 aliphatic heterocycles. The van der Waals surface area contributed by atoms with Gasteiger partial charge in [-0.1, -0.05) is 13.8 Å². The molecule has 0 amide bonds. The fraction of sp³-hybridized carbons (Fsp3) is 0.353. The number of rotatable bonds is 4. The molecule has 0 N–H and O–H groups in total. The van der Waals surface area contributed by atoms with E-state index in [9.17, 15) is 0 Å². The van der Waals surface area contributed by atoms with Gasteiger partial charge in [0.1, 0.15) is 17.0 Å². The molecule has 0 saturated heterocycles. The van der Waals surface area contributed by atoms with Gasteiger partial charge in [0.2, 0.25) is 0 Å². The summed E-state index contributed by atoms with van der Waals surface area (Å²) in [5.74, 6) is 1.59. The van der Waals surface area contributed by atoms with E-state index in [-0.39, 0.29) is 0 Å². The summed E-state index contributed by atoms with van der Waals surface area (Å²) in [4.78, 5) is 13.3. The minimum Gasteiger partial charge on any atom is -0.383 e. The first-order chi connectivity index (χ1) is 12.3. The van der Waals surface area contributed by atoms with Gasteiger partial charge in [-0.25, -0.2) is 9.97 Å². The van der Waals surface area contributed by atoms with Crippen molar-refractivity contribution in [2.75, 3.05) is 13.7 Å². The van der Waals surface area contributed by atoms with Crippen LogP contribution in [0.3, 0.4) is 0 Å². The van der Waals surface area contributed by atoms with Crippen LogP contribution in [0.5, 0.6) is 0 Å². The van der Waals surface area contributed by atoms with Crippen molar-refractivity contribution in [1.82, 2.24) is 34.1 Å². The maximum atomic E-state index is 5.22. The summed E-state index contributed by atoms with van der Waals surface area (Å²) in [5.41, 5.74) is 3.32. The largest absolute Gasteiger partial charge is 0.383 e. The molecular formula is C17H21N7O. The number of imidazole rings is 1. The summed E-state index contributed by atoms with van der Waals surface area (Å²) in [6, 6.07) is 1.95. The SMILES string of the molecule is CC.COCCn1c(-c2cn3c(C)nnc3cn2)nc2cnccc21. The molecule has 4 heterocycles. The zero-order chi connectivity index (χ0) is 17.8. The Kier molecular flexibility index (Phi) is 4.99. The lowest BCUT2D eigenvalue weighted by Gasteiger charge is -2.08. The van der Waals surface area contributed by atoms with Crippen molar-refractivity contribution in [3.63, 3.8) is 0 Å². The molecule has 0 spiro atoms. The highest BCUT2D eigenvalue weighted by atomic mass is 16.5. The molecule has 0 saturated carbocycles. The Balaban J connectivity index is 0.000000880. The first kappa shape index (κ1) is 17.0. The number of methoxy groups -OCH3 is 1. The second-order valence-corrected chi connectivity index (χ2v) is 5.19. The van der Waals surface area contributed by atoms with Gasteiger partial charge in [0.25, 0.3) is 0 Å². The van der Waals surface area contributed by atoms with E-state index in [2.05, 4.69) is 29.7 Å². The van der Waals surface area contributed by atoms with Crippen LogP contribution >= 0.6 is 0 Å². The number of nitrogens with zero attached hydrogens (tertiary/aromatic N) is 7. The summed E-state index contributed by atoms with van der Waals surface area (Å²) in [5, 5.41) is 8.12. The van der Waals surface area contributed by atoms with Crippen LogP contribution in [0, 0.1) is 6.92 Å². The third kappa shape index (κ3) is 3.08. The molecule has 0 aliphatic rings. The molecule has 0 fully saturated rings. The van der Waals surface area contributed by atoms with Crippen molar-refractivity contribution in [1.29, 1.82) is 0 Å². The van der Waals surface area contributed by atoms with Crippen molar-refractivity contribution in [3.05, 3.63) is 36.7 Å². The third-order valence-corrected chi connectivity index (χ3v) is 3.76. The van der Waals surface area contributed by atoms with Crippen molar-refractivity contribution >= 4 is 16.7 Å². The average Bonchev–Trinajstić information content (AvgIpc) is 3.22. The van der Waals surface area contributed by atoms with E-state index < -0.39 is 0 Å². The standard InChI is InChI=1S/C15H15N7O.C2H6/c1-10-19-20-14-8-17-12(9-22(10)14)15-18-11-7-16-4-3-13(11)21(15)5-6-23-2;1-2/h3-4,7-9H,5-6H2,1-2H3;1-2H3. The average molecular weight is 339 g/mol. The van der Waals surface area contributed by atoms with Crippen molar-refractivity contribution in [2.24, 2.45) is 0 Å². The number of fused-ring (bicyclic) bond motifs is 2. The van der Waals surface area contributed by atoms with Crippen molar-refractivity contribution < 1.29 is 4.74 Å². The molecular weight excluding hydrogens is 318 g/mol. The second kappa shape index (κ2) is 7.35. The lowest BCUT2D eigenvalue weighted by atomic mass is 10.4. The first-order valence-electron chi connectivity index (χ1n) is 8.25. The maximum Gasteiger partial charge on any atom is 0.179 e. The van der Waals surface area contributed by atoms with E-state index in [4.69, 9.17) is 4.74 Å². The van der Waals surface area contributed by atoms with Crippen LogP contribution in [0.15, 0.2) is 30.9 Å². The second-order valence-electron chi connectivity index (χ2n) is 5.19. The van der Waals surface area contributed by atoms with E-state index in [0.717, 1.165) is 28.4 Å². The molecule has 0 aromatic carbocycles. The molecule has 4 aromatic heterocycles. The van der Waals surface area contributed by atoms with E-state index >= 15 is 0 Å². The van der Waals surface area contributed by atoms with E-state index in [1.54, 1.807) is 25.7 Å². The molecule has 0 bridgehead atoms. The fourth-order valence-electron chi connectivity index (χ4n) is 2.62. The van der Waals surface area contributed by atoms with Crippen LogP contribution in [0.4, 0.5) is 0 Å². The Morgan fingerprint density at radius 2 is 2.00 bits per heavy atom. The predicted octanol–water partition coefficient (Wildman–Crippen LogP) is 2.52. The first-order valence-corrected chi connectivity index (χ1v) is 8.25. The van der Waals surface area contributed by atoms with Gasteiger partial charge in [0.15, 0.2) is 11.5 Å². The van der Waals surface area contributed by atoms with Crippen molar-refractivity contribution in [2.45, 2.75) is 27.3 Å². The van der Waals surface area contributed by atoms with Crippen LogP contribution in [0.2, 0.25) is 0 Å².